The molecule has 0 radical (unpaired) electrons. The predicted octanol–water partition coefficient (Wildman–Crippen LogP) is 2.50. The summed E-state index contributed by atoms with van der Waals surface area (Å²) < 4.78 is 52.9. The fourth-order valence-electron chi connectivity index (χ4n) is 1.94. The van der Waals surface area contributed by atoms with E-state index in [1.807, 2.05) is 27.7 Å². The van der Waals surface area contributed by atoms with Crippen LogP contribution < -0.4 is 10.2 Å². The molecule has 1 aromatic heterocycles. The first kappa shape index (κ1) is 18.0. The Bertz CT molecular complexity index is 519. The van der Waals surface area contributed by atoms with Gasteiger partial charge in [0.25, 0.3) is 0 Å². The Morgan fingerprint density at radius 1 is 1.09 bits per heavy atom. The predicted molar refractivity (Wildman–Crippen MR) is 78.5 cm³/mol. The van der Waals surface area contributed by atoms with Gasteiger partial charge in [-0.2, -0.15) is 13.2 Å². The first-order chi connectivity index (χ1) is 10.5. The highest BCUT2D eigenvalue weighted by atomic mass is 19.4. The Morgan fingerprint density at radius 3 is 2.09 bits per heavy atom. The van der Waals surface area contributed by atoms with E-state index < -0.39 is 30.9 Å². The van der Waals surface area contributed by atoms with Crippen molar-refractivity contribution in [3.05, 3.63) is 12.4 Å². The van der Waals surface area contributed by atoms with Crippen molar-refractivity contribution in [1.29, 1.82) is 0 Å². The van der Waals surface area contributed by atoms with Crippen molar-refractivity contribution in [3.63, 3.8) is 0 Å². The van der Waals surface area contributed by atoms with Crippen molar-refractivity contribution < 1.29 is 27.2 Å². The molecular formula is C14H20BF3N2O3. The summed E-state index contributed by atoms with van der Waals surface area (Å²) in [6.45, 7) is 7.66. The molecule has 128 valence electrons. The fraction of sp³-hybridized carbons (Fsp3) is 0.714. The van der Waals surface area contributed by atoms with E-state index in [9.17, 15) is 13.2 Å². The molecule has 23 heavy (non-hydrogen) atoms. The van der Waals surface area contributed by atoms with Gasteiger partial charge in [0.15, 0.2) is 0 Å². The standard InChI is InChI=1S/C14H20BF3N2O3/c1-12(2)13(3,4)23-15(22-12)10-8-19-11(20-9-10)21-7-5-6-14(16,17)18/h8-9H,5-7H2,1-4H3. The maximum absolute atomic E-state index is 12.0. The maximum Gasteiger partial charge on any atom is 0.498 e. The highest BCUT2D eigenvalue weighted by molar-refractivity contribution is 6.61. The Labute approximate surface area is 133 Å². The number of hydrogen-bond donors (Lipinski definition) is 0. The summed E-state index contributed by atoms with van der Waals surface area (Å²) in [5.41, 5.74) is -0.305. The van der Waals surface area contributed by atoms with E-state index in [1.54, 1.807) is 0 Å². The van der Waals surface area contributed by atoms with Gasteiger partial charge in [0.05, 0.1) is 17.8 Å². The molecule has 0 saturated carbocycles. The van der Waals surface area contributed by atoms with Gasteiger partial charge in [-0.15, -0.1) is 0 Å². The summed E-state index contributed by atoms with van der Waals surface area (Å²) in [6.07, 6.45) is -2.21. The van der Waals surface area contributed by atoms with Gasteiger partial charge < -0.3 is 14.0 Å². The average Bonchev–Trinajstić information content (AvgIpc) is 2.63. The van der Waals surface area contributed by atoms with Gasteiger partial charge in [-0.1, -0.05) is 0 Å². The normalized spacial score (nSPS) is 19.9. The molecule has 1 aliphatic rings. The lowest BCUT2D eigenvalue weighted by Crippen LogP contribution is -2.41. The summed E-state index contributed by atoms with van der Waals surface area (Å²) >= 11 is 0. The molecule has 1 fully saturated rings. The highest BCUT2D eigenvalue weighted by Crippen LogP contribution is 2.36. The molecule has 0 N–H and O–H groups in total. The lowest BCUT2D eigenvalue weighted by molar-refractivity contribution is -0.136. The third-order valence-corrected chi connectivity index (χ3v) is 4.01. The minimum atomic E-state index is -4.18. The number of rotatable bonds is 5. The quantitative estimate of drug-likeness (QED) is 0.613. The number of aromatic nitrogens is 2. The van der Waals surface area contributed by atoms with E-state index >= 15 is 0 Å². The smallest absolute Gasteiger partial charge is 0.463 e. The maximum atomic E-state index is 12.0. The third-order valence-electron chi connectivity index (χ3n) is 4.01. The summed E-state index contributed by atoms with van der Waals surface area (Å²) in [6, 6.07) is 0.0347. The molecule has 1 aliphatic heterocycles. The van der Waals surface area contributed by atoms with Crippen molar-refractivity contribution in [2.45, 2.75) is 57.9 Å². The Balaban J connectivity index is 1.88. The van der Waals surface area contributed by atoms with Gasteiger partial charge in [0, 0.05) is 24.3 Å². The second kappa shape index (κ2) is 6.28. The molecular weight excluding hydrogens is 312 g/mol. The van der Waals surface area contributed by atoms with Crippen LogP contribution in [0.4, 0.5) is 13.2 Å². The fourth-order valence-corrected chi connectivity index (χ4v) is 1.94. The van der Waals surface area contributed by atoms with Gasteiger partial charge >= 0.3 is 19.3 Å². The van der Waals surface area contributed by atoms with Crippen LogP contribution in [0.25, 0.3) is 0 Å². The van der Waals surface area contributed by atoms with Crippen LogP contribution in [0.5, 0.6) is 6.01 Å². The van der Waals surface area contributed by atoms with Crippen molar-refractivity contribution >= 4 is 12.6 Å². The number of nitrogens with zero attached hydrogens (tertiary/aromatic N) is 2. The monoisotopic (exact) mass is 332 g/mol. The van der Waals surface area contributed by atoms with Crippen LogP contribution >= 0.6 is 0 Å². The molecule has 0 atom stereocenters. The molecule has 9 heteroatoms. The molecule has 5 nitrogen and oxygen atoms in total. The molecule has 0 spiro atoms. The lowest BCUT2D eigenvalue weighted by Gasteiger charge is -2.32. The Morgan fingerprint density at radius 2 is 1.61 bits per heavy atom. The van der Waals surface area contributed by atoms with E-state index in [-0.39, 0.29) is 19.0 Å². The minimum Gasteiger partial charge on any atom is -0.463 e. The van der Waals surface area contributed by atoms with Gasteiger partial charge in [0.2, 0.25) is 0 Å². The second-order valence-corrected chi connectivity index (χ2v) is 6.45. The summed E-state index contributed by atoms with van der Waals surface area (Å²) in [4.78, 5) is 7.96. The van der Waals surface area contributed by atoms with Crippen LogP contribution in [0.1, 0.15) is 40.5 Å². The largest absolute Gasteiger partial charge is 0.498 e. The molecule has 0 aliphatic carbocycles. The van der Waals surface area contributed by atoms with Gasteiger partial charge in [-0.25, -0.2) is 9.97 Å². The van der Waals surface area contributed by atoms with Gasteiger partial charge in [0.1, 0.15) is 0 Å². The molecule has 2 heterocycles. The number of ether oxygens (including phenoxy) is 1. The first-order valence-electron chi connectivity index (χ1n) is 7.37. The van der Waals surface area contributed by atoms with Gasteiger partial charge in [-0.3, -0.25) is 0 Å². The van der Waals surface area contributed by atoms with Crippen molar-refractivity contribution in [3.8, 4) is 6.01 Å². The van der Waals surface area contributed by atoms with E-state index in [4.69, 9.17) is 14.0 Å². The van der Waals surface area contributed by atoms with Gasteiger partial charge in [-0.05, 0) is 34.1 Å². The summed E-state index contributed by atoms with van der Waals surface area (Å²) in [5.74, 6) is 0. The van der Waals surface area contributed by atoms with E-state index in [0.717, 1.165) is 0 Å². The van der Waals surface area contributed by atoms with Crippen LogP contribution in [-0.4, -0.2) is 41.1 Å². The molecule has 0 amide bonds. The second-order valence-electron chi connectivity index (χ2n) is 6.45. The lowest BCUT2D eigenvalue weighted by atomic mass is 9.81. The number of hydrogen-bond acceptors (Lipinski definition) is 5. The Kier molecular flexibility index (Phi) is 4.91. The van der Waals surface area contributed by atoms with E-state index in [0.29, 0.717) is 5.46 Å². The zero-order valence-electron chi connectivity index (χ0n) is 13.6. The van der Waals surface area contributed by atoms with Crippen LogP contribution in [-0.2, 0) is 9.31 Å². The van der Waals surface area contributed by atoms with Crippen molar-refractivity contribution in [2.24, 2.45) is 0 Å². The van der Waals surface area contributed by atoms with Crippen molar-refractivity contribution in [2.75, 3.05) is 6.61 Å². The summed E-state index contributed by atoms with van der Waals surface area (Å²) in [5, 5.41) is 0. The highest BCUT2D eigenvalue weighted by Gasteiger charge is 2.51. The van der Waals surface area contributed by atoms with Crippen LogP contribution in [0.2, 0.25) is 0 Å². The molecule has 1 aromatic rings. The minimum absolute atomic E-state index is 0.0347. The topological polar surface area (TPSA) is 53.5 Å². The van der Waals surface area contributed by atoms with Crippen LogP contribution in [0.3, 0.4) is 0 Å². The zero-order chi connectivity index (χ0) is 17.3. The number of alkyl halides is 3. The average molecular weight is 332 g/mol. The van der Waals surface area contributed by atoms with Crippen LogP contribution in [0.15, 0.2) is 12.4 Å². The molecule has 0 unspecified atom stereocenters. The molecule has 2 rings (SSSR count). The molecule has 0 aromatic carbocycles. The van der Waals surface area contributed by atoms with Crippen LogP contribution in [0, 0.1) is 0 Å². The van der Waals surface area contributed by atoms with E-state index in [1.165, 1.54) is 12.4 Å². The van der Waals surface area contributed by atoms with E-state index in [2.05, 4.69) is 9.97 Å². The zero-order valence-corrected chi connectivity index (χ0v) is 13.6. The Hall–Kier alpha value is -1.35. The first-order valence-corrected chi connectivity index (χ1v) is 7.37. The SMILES string of the molecule is CC1(C)OB(c2cnc(OCCCC(F)(F)F)nc2)OC1(C)C. The van der Waals surface area contributed by atoms with Crippen molar-refractivity contribution in [1.82, 2.24) is 9.97 Å². The third kappa shape index (κ3) is 4.57. The molecule has 0 bridgehead atoms. The summed E-state index contributed by atoms with van der Waals surface area (Å²) in [7, 11) is -0.584. The number of halogens is 3. The molecule has 1 saturated heterocycles.